The Morgan fingerprint density at radius 1 is 1.07 bits per heavy atom. The van der Waals surface area contributed by atoms with Crippen LogP contribution in [0.15, 0.2) is 73.1 Å². The van der Waals surface area contributed by atoms with Crippen LogP contribution in [0.2, 0.25) is 0 Å². The van der Waals surface area contributed by atoms with Crippen molar-refractivity contribution < 1.29 is 23.8 Å². The quantitative estimate of drug-likeness (QED) is 0.240. The lowest BCUT2D eigenvalue weighted by atomic mass is 10.0. The zero-order chi connectivity index (χ0) is 30.5. The fourth-order valence-corrected chi connectivity index (χ4v) is 5.27. The molecule has 0 bridgehead atoms. The number of carbonyl (C=O) groups excluding carboxylic acids is 2. The Bertz CT molecular complexity index is 1730. The van der Waals surface area contributed by atoms with E-state index < -0.39 is 11.9 Å². The van der Waals surface area contributed by atoms with Gasteiger partial charge < -0.3 is 19.5 Å². The molecule has 3 heterocycles. The minimum Gasteiger partial charge on any atom is -0.497 e. The highest BCUT2D eigenvalue weighted by Gasteiger charge is 2.34. The van der Waals surface area contributed by atoms with Crippen LogP contribution in [0, 0.1) is 0 Å². The first-order valence-electron chi connectivity index (χ1n) is 14.1. The third kappa shape index (κ3) is 5.92. The van der Waals surface area contributed by atoms with Gasteiger partial charge in [-0.1, -0.05) is 29.5 Å². The van der Waals surface area contributed by atoms with Crippen LogP contribution in [0.3, 0.4) is 0 Å². The summed E-state index contributed by atoms with van der Waals surface area (Å²) in [5, 5.41) is 22.8. The van der Waals surface area contributed by atoms with Crippen LogP contribution in [0.4, 0.5) is 5.69 Å². The van der Waals surface area contributed by atoms with E-state index in [4.69, 9.17) is 14.2 Å². The van der Waals surface area contributed by atoms with Crippen LogP contribution in [-0.2, 0) is 20.9 Å². The minimum absolute atomic E-state index is 0.0863. The van der Waals surface area contributed by atoms with Gasteiger partial charge in [0.05, 0.1) is 25.8 Å². The molecule has 1 saturated heterocycles. The highest BCUT2D eigenvalue weighted by Crippen LogP contribution is 2.34. The average molecular weight is 598 g/mol. The highest BCUT2D eigenvalue weighted by atomic mass is 16.5. The van der Waals surface area contributed by atoms with Crippen molar-refractivity contribution in [2.24, 2.45) is 0 Å². The van der Waals surface area contributed by atoms with Gasteiger partial charge in [-0.05, 0) is 65.2 Å². The van der Waals surface area contributed by atoms with Gasteiger partial charge in [0.15, 0.2) is 0 Å². The van der Waals surface area contributed by atoms with Crippen LogP contribution in [0.5, 0.6) is 11.5 Å². The Morgan fingerprint density at radius 2 is 1.91 bits per heavy atom. The molecule has 226 valence electrons. The molecule has 3 aromatic carbocycles. The van der Waals surface area contributed by atoms with E-state index >= 15 is 0 Å². The maximum atomic E-state index is 14.4. The molecular weight excluding hydrogens is 566 g/mol. The van der Waals surface area contributed by atoms with E-state index in [1.807, 2.05) is 24.3 Å². The Morgan fingerprint density at radius 3 is 2.64 bits per heavy atom. The summed E-state index contributed by atoms with van der Waals surface area (Å²) in [7, 11) is 3.08. The van der Waals surface area contributed by atoms with Gasteiger partial charge >= 0.3 is 0 Å². The molecule has 0 unspecified atom stereocenters. The second kappa shape index (κ2) is 12.9. The fraction of sp³-hybridized carbons (Fsp3) is 0.300. The number of methoxy groups -OCH3 is 2. The lowest BCUT2D eigenvalue weighted by molar-refractivity contribution is -0.127. The largest absolute Gasteiger partial charge is 0.497 e. The average Bonchev–Trinajstić information content (AvgIpc) is 3.86. The molecule has 5 aromatic rings. The highest BCUT2D eigenvalue weighted by molar-refractivity contribution is 6.02. The van der Waals surface area contributed by atoms with Gasteiger partial charge in [-0.25, -0.2) is 4.68 Å². The van der Waals surface area contributed by atoms with Crippen LogP contribution in [0.25, 0.3) is 16.7 Å². The van der Waals surface area contributed by atoms with Crippen molar-refractivity contribution in [3.05, 3.63) is 78.6 Å². The number of hydrogen-bond acceptors (Lipinski definition) is 10. The van der Waals surface area contributed by atoms with E-state index in [-0.39, 0.29) is 18.6 Å². The van der Waals surface area contributed by atoms with Crippen molar-refractivity contribution in [1.29, 1.82) is 0 Å². The predicted octanol–water partition coefficient (Wildman–Crippen LogP) is 2.49. The number of tetrazole rings is 1. The van der Waals surface area contributed by atoms with E-state index in [1.54, 1.807) is 49.6 Å². The topological polar surface area (TPSA) is 151 Å². The number of nitrogens with one attached hydrogen (secondary N) is 1. The molecule has 6 rings (SSSR count). The molecule has 44 heavy (non-hydrogen) atoms. The molecule has 0 saturated carbocycles. The van der Waals surface area contributed by atoms with Gasteiger partial charge in [-0.3, -0.25) is 14.5 Å². The minimum atomic E-state index is -1.06. The predicted molar refractivity (Wildman–Crippen MR) is 158 cm³/mol. The number of ether oxygens (including phenoxy) is 3. The molecule has 2 aromatic heterocycles. The summed E-state index contributed by atoms with van der Waals surface area (Å²) in [5.74, 6) is 0.246. The zero-order valence-electron chi connectivity index (χ0n) is 24.2. The van der Waals surface area contributed by atoms with Gasteiger partial charge in [0.1, 0.15) is 41.6 Å². The lowest BCUT2D eigenvalue weighted by Gasteiger charge is -2.32. The number of carbonyl (C=O) groups is 2. The molecule has 14 nitrogen and oxygen atoms in total. The smallest absolute Gasteiger partial charge is 0.249 e. The number of fused-ring (bicyclic) bond motifs is 1. The van der Waals surface area contributed by atoms with Crippen molar-refractivity contribution in [2.45, 2.75) is 31.5 Å². The molecule has 2 atom stereocenters. The molecule has 14 heteroatoms. The van der Waals surface area contributed by atoms with Crippen molar-refractivity contribution in [2.75, 3.05) is 32.3 Å². The Balaban J connectivity index is 1.44. The third-order valence-corrected chi connectivity index (χ3v) is 7.48. The Hall–Kier alpha value is -5.37. The number of amides is 2. The second-order valence-electron chi connectivity index (χ2n) is 10.2. The summed E-state index contributed by atoms with van der Waals surface area (Å²) in [6, 6.07) is 18.5. The number of para-hydroxylation sites is 1. The number of anilines is 1. The third-order valence-electron chi connectivity index (χ3n) is 7.48. The van der Waals surface area contributed by atoms with Crippen molar-refractivity contribution in [1.82, 2.24) is 40.5 Å². The van der Waals surface area contributed by atoms with E-state index in [1.165, 1.54) is 27.7 Å². The normalized spacial score (nSPS) is 15.2. The van der Waals surface area contributed by atoms with Crippen molar-refractivity contribution >= 4 is 28.5 Å². The van der Waals surface area contributed by atoms with Crippen molar-refractivity contribution in [3.63, 3.8) is 0 Å². The molecule has 1 aliphatic rings. The molecular formula is C30H31N9O5. The summed E-state index contributed by atoms with van der Waals surface area (Å²) in [6.45, 7) is 0.804. The molecule has 0 spiro atoms. The Labute approximate surface area is 252 Å². The molecule has 0 radical (unpaired) electrons. The van der Waals surface area contributed by atoms with Crippen LogP contribution >= 0.6 is 0 Å². The molecule has 1 fully saturated rings. The summed E-state index contributed by atoms with van der Waals surface area (Å²) in [6.07, 6.45) is 3.14. The number of nitrogens with zero attached hydrogens (tertiary/aromatic N) is 8. The zero-order valence-corrected chi connectivity index (χ0v) is 24.2. The van der Waals surface area contributed by atoms with E-state index in [0.29, 0.717) is 52.6 Å². The summed E-state index contributed by atoms with van der Waals surface area (Å²) < 4.78 is 19.7. The Kier molecular flexibility index (Phi) is 8.41. The van der Waals surface area contributed by atoms with Crippen LogP contribution < -0.4 is 19.7 Å². The second-order valence-corrected chi connectivity index (χ2v) is 10.2. The summed E-state index contributed by atoms with van der Waals surface area (Å²) in [5.41, 5.74) is 2.90. The molecule has 1 N–H and O–H groups in total. The van der Waals surface area contributed by atoms with Crippen LogP contribution in [0.1, 0.15) is 24.4 Å². The van der Waals surface area contributed by atoms with E-state index in [9.17, 15) is 9.59 Å². The maximum absolute atomic E-state index is 14.4. The van der Waals surface area contributed by atoms with E-state index in [0.717, 1.165) is 12.8 Å². The standard InChI is InChI=1S/C30H31N9O5/c1-42-22-12-9-20(10-13-22)29(30(41)31-17-23-6-5-15-44-23)39(28(40)18-37-25-8-4-3-7-24(25)33-35-37)21-11-14-26(27(16-21)43-2)38-19-32-34-36-38/h3-4,7-14,16,19,23,29H,5-6,15,17-18H2,1-2H3,(H,31,41)/t23-,29-/m0/s1. The monoisotopic (exact) mass is 597 g/mol. The SMILES string of the molecule is COc1ccc([C@@H](C(=O)NC[C@@H]2CCCO2)N(C(=O)Cn2nnc3ccccc32)c2ccc(-n3cnnn3)c(OC)c2)cc1. The van der Waals surface area contributed by atoms with Gasteiger partial charge in [0, 0.05) is 24.9 Å². The summed E-state index contributed by atoms with van der Waals surface area (Å²) >= 11 is 0. The van der Waals surface area contributed by atoms with Crippen LogP contribution in [-0.4, -0.2) is 80.5 Å². The first-order chi connectivity index (χ1) is 21.6. The molecule has 1 aliphatic heterocycles. The van der Waals surface area contributed by atoms with Crippen molar-refractivity contribution in [3.8, 4) is 17.2 Å². The van der Waals surface area contributed by atoms with Gasteiger partial charge in [-0.15, -0.1) is 10.2 Å². The number of benzene rings is 3. The van der Waals surface area contributed by atoms with Gasteiger partial charge in [0.2, 0.25) is 11.8 Å². The fourth-order valence-electron chi connectivity index (χ4n) is 5.27. The van der Waals surface area contributed by atoms with E-state index in [2.05, 4.69) is 31.2 Å². The number of rotatable bonds is 11. The number of hydrogen-bond donors (Lipinski definition) is 1. The number of aromatic nitrogens is 7. The molecule has 0 aliphatic carbocycles. The first kappa shape index (κ1) is 28.7. The summed E-state index contributed by atoms with van der Waals surface area (Å²) in [4.78, 5) is 30.0. The van der Waals surface area contributed by atoms with Gasteiger partial charge in [-0.2, -0.15) is 4.68 Å². The maximum Gasteiger partial charge on any atom is 0.249 e. The van der Waals surface area contributed by atoms with Gasteiger partial charge in [0.25, 0.3) is 0 Å². The lowest BCUT2D eigenvalue weighted by Crippen LogP contribution is -2.46. The molecule has 2 amide bonds. The first-order valence-corrected chi connectivity index (χ1v) is 14.1.